The van der Waals surface area contributed by atoms with Crippen LogP contribution in [-0.4, -0.2) is 26.9 Å². The minimum Gasteiger partial charge on any atom is -0.311 e. The van der Waals surface area contributed by atoms with E-state index in [1.54, 1.807) is 0 Å². The van der Waals surface area contributed by atoms with E-state index >= 15 is 0 Å². The van der Waals surface area contributed by atoms with Gasteiger partial charge in [-0.2, -0.15) is 4.72 Å². The highest BCUT2D eigenvalue weighted by Gasteiger charge is 2.36. The van der Waals surface area contributed by atoms with Gasteiger partial charge >= 0.3 is 0 Å². The van der Waals surface area contributed by atoms with Crippen LogP contribution in [-0.2, 0) is 14.8 Å². The number of rotatable bonds is 4. The molecule has 0 bridgehead atoms. The summed E-state index contributed by atoms with van der Waals surface area (Å²) >= 11 is 0. The fourth-order valence-corrected chi connectivity index (χ4v) is 4.38. The van der Waals surface area contributed by atoms with Gasteiger partial charge in [0.25, 0.3) is 0 Å². The molecule has 138 valence electrons. The molecule has 5 nitrogen and oxygen atoms in total. The molecule has 0 radical (unpaired) electrons. The fourth-order valence-electron chi connectivity index (χ4n) is 3.10. The molecule has 2 aromatic rings. The van der Waals surface area contributed by atoms with Gasteiger partial charge < -0.3 is 4.90 Å². The van der Waals surface area contributed by atoms with E-state index in [4.69, 9.17) is 0 Å². The summed E-state index contributed by atoms with van der Waals surface area (Å²) in [5.41, 5.74) is 2.68. The second kappa shape index (κ2) is 6.77. The van der Waals surface area contributed by atoms with Crippen molar-refractivity contribution in [3.05, 3.63) is 59.2 Å². The second-order valence-electron chi connectivity index (χ2n) is 6.37. The number of nitrogens with zero attached hydrogens (tertiary/aromatic N) is 1. The van der Waals surface area contributed by atoms with Gasteiger partial charge in [0.1, 0.15) is 22.6 Å². The van der Waals surface area contributed by atoms with Gasteiger partial charge in [-0.1, -0.05) is 6.07 Å². The van der Waals surface area contributed by atoms with Crippen LogP contribution in [0.5, 0.6) is 0 Å². The quantitative estimate of drug-likeness (QED) is 0.887. The minimum absolute atomic E-state index is 0.258. The highest BCUT2D eigenvalue weighted by Crippen LogP contribution is 2.25. The molecular formula is C18H18F2N2O3S. The van der Waals surface area contributed by atoms with Gasteiger partial charge in [0.15, 0.2) is 0 Å². The standard InChI is InChI=1S/C18H18F2N2O3S/c1-11-7-12(2)9-14(8-11)22-6-5-16(18(22)23)21-26(24,25)17-4-3-13(19)10-15(17)20/h3-4,7-10,16,21H,5-6H2,1-2H3/t16-/m0/s1. The Balaban J connectivity index is 1.82. The Morgan fingerprint density at radius 3 is 2.35 bits per heavy atom. The lowest BCUT2D eigenvalue weighted by Crippen LogP contribution is -2.41. The molecule has 1 amide bonds. The van der Waals surface area contributed by atoms with E-state index in [0.717, 1.165) is 23.3 Å². The maximum Gasteiger partial charge on any atom is 0.245 e. The lowest BCUT2D eigenvalue weighted by atomic mass is 10.1. The van der Waals surface area contributed by atoms with Crippen molar-refractivity contribution in [1.29, 1.82) is 0 Å². The first-order chi connectivity index (χ1) is 12.2. The molecule has 0 unspecified atom stereocenters. The number of benzene rings is 2. The van der Waals surface area contributed by atoms with Gasteiger partial charge in [-0.25, -0.2) is 17.2 Å². The Labute approximate surface area is 150 Å². The molecule has 1 N–H and O–H groups in total. The summed E-state index contributed by atoms with van der Waals surface area (Å²) in [5.74, 6) is -2.48. The summed E-state index contributed by atoms with van der Waals surface area (Å²) in [6.45, 7) is 4.17. The smallest absolute Gasteiger partial charge is 0.245 e. The second-order valence-corrected chi connectivity index (χ2v) is 8.06. The lowest BCUT2D eigenvalue weighted by Gasteiger charge is -2.18. The Hall–Kier alpha value is -2.32. The van der Waals surface area contributed by atoms with Crippen LogP contribution in [0, 0.1) is 25.5 Å². The third kappa shape index (κ3) is 3.61. The number of carbonyl (C=O) groups is 1. The number of hydrogen-bond acceptors (Lipinski definition) is 3. The number of halogens is 2. The SMILES string of the molecule is Cc1cc(C)cc(N2CC[C@H](NS(=O)(=O)c3ccc(F)cc3F)C2=O)c1. The number of anilines is 1. The lowest BCUT2D eigenvalue weighted by molar-refractivity contribution is -0.118. The average molecular weight is 380 g/mol. The van der Waals surface area contributed by atoms with Crippen LogP contribution < -0.4 is 9.62 Å². The van der Waals surface area contributed by atoms with E-state index in [1.807, 2.05) is 32.0 Å². The van der Waals surface area contributed by atoms with Crippen LogP contribution in [0.3, 0.4) is 0 Å². The molecule has 26 heavy (non-hydrogen) atoms. The van der Waals surface area contributed by atoms with Crippen molar-refractivity contribution in [2.24, 2.45) is 0 Å². The van der Waals surface area contributed by atoms with Crippen molar-refractivity contribution in [3.8, 4) is 0 Å². The first-order valence-electron chi connectivity index (χ1n) is 8.04. The molecule has 1 fully saturated rings. The van der Waals surface area contributed by atoms with Crippen LogP contribution in [0.15, 0.2) is 41.3 Å². The fraction of sp³-hybridized carbons (Fsp3) is 0.278. The third-order valence-electron chi connectivity index (χ3n) is 4.20. The van der Waals surface area contributed by atoms with Gasteiger partial charge in [0, 0.05) is 18.3 Å². The summed E-state index contributed by atoms with van der Waals surface area (Å²) in [6.07, 6.45) is 0.258. The minimum atomic E-state index is -4.29. The maximum absolute atomic E-state index is 13.8. The highest BCUT2D eigenvalue weighted by atomic mass is 32.2. The zero-order valence-electron chi connectivity index (χ0n) is 14.3. The molecule has 2 aromatic carbocycles. The van der Waals surface area contributed by atoms with E-state index in [1.165, 1.54) is 4.90 Å². The van der Waals surface area contributed by atoms with Crippen LogP contribution >= 0.6 is 0 Å². The molecular weight excluding hydrogens is 362 g/mol. The molecule has 8 heteroatoms. The first kappa shape index (κ1) is 18.5. The predicted molar refractivity (Wildman–Crippen MR) is 93.4 cm³/mol. The van der Waals surface area contributed by atoms with Crippen LogP contribution in [0.25, 0.3) is 0 Å². The molecule has 1 saturated heterocycles. The van der Waals surface area contributed by atoms with Crippen LogP contribution in [0.2, 0.25) is 0 Å². The summed E-state index contributed by atoms with van der Waals surface area (Å²) in [4.78, 5) is 13.4. The molecule has 1 atom stereocenters. The van der Waals surface area contributed by atoms with Gasteiger partial charge in [0.05, 0.1) is 0 Å². The Kier molecular flexibility index (Phi) is 4.81. The molecule has 0 aliphatic carbocycles. The van der Waals surface area contributed by atoms with Gasteiger partial charge in [-0.05, 0) is 55.7 Å². The van der Waals surface area contributed by atoms with Crippen molar-refractivity contribution in [2.75, 3.05) is 11.4 Å². The average Bonchev–Trinajstić information content (AvgIpc) is 2.86. The van der Waals surface area contributed by atoms with Crippen LogP contribution in [0.1, 0.15) is 17.5 Å². The number of aryl methyl sites for hydroxylation is 2. The predicted octanol–water partition coefficient (Wildman–Crippen LogP) is 2.67. The van der Waals surface area contributed by atoms with Crippen molar-refractivity contribution >= 4 is 21.6 Å². The summed E-state index contributed by atoms with van der Waals surface area (Å²) in [6, 6.07) is 6.87. The third-order valence-corrected chi connectivity index (χ3v) is 5.71. The molecule has 1 aliphatic heterocycles. The highest BCUT2D eigenvalue weighted by molar-refractivity contribution is 7.89. The molecule has 0 spiro atoms. The van der Waals surface area contributed by atoms with Gasteiger partial charge in [0.2, 0.25) is 15.9 Å². The van der Waals surface area contributed by atoms with Gasteiger partial charge in [-0.3, -0.25) is 4.79 Å². The molecule has 3 rings (SSSR count). The van der Waals surface area contributed by atoms with Crippen molar-refractivity contribution in [1.82, 2.24) is 4.72 Å². The zero-order chi connectivity index (χ0) is 19.1. The van der Waals surface area contributed by atoms with E-state index in [0.29, 0.717) is 18.3 Å². The molecule has 0 aromatic heterocycles. The number of carbonyl (C=O) groups excluding carboxylic acids is 1. The molecule has 1 aliphatic rings. The Bertz CT molecular complexity index is 956. The largest absolute Gasteiger partial charge is 0.311 e. The molecule has 1 heterocycles. The van der Waals surface area contributed by atoms with E-state index in [9.17, 15) is 22.0 Å². The van der Waals surface area contributed by atoms with E-state index in [-0.39, 0.29) is 6.42 Å². The van der Waals surface area contributed by atoms with Crippen molar-refractivity contribution < 1.29 is 22.0 Å². The van der Waals surface area contributed by atoms with E-state index < -0.39 is 38.5 Å². The number of hydrogen-bond donors (Lipinski definition) is 1. The topological polar surface area (TPSA) is 66.5 Å². The summed E-state index contributed by atoms with van der Waals surface area (Å²) in [5, 5.41) is 0. The first-order valence-corrected chi connectivity index (χ1v) is 9.53. The Morgan fingerprint density at radius 2 is 1.73 bits per heavy atom. The van der Waals surface area contributed by atoms with Gasteiger partial charge in [-0.15, -0.1) is 0 Å². The number of amides is 1. The zero-order valence-corrected chi connectivity index (χ0v) is 15.1. The maximum atomic E-state index is 13.8. The monoisotopic (exact) mass is 380 g/mol. The van der Waals surface area contributed by atoms with E-state index in [2.05, 4.69) is 4.72 Å². The number of sulfonamides is 1. The summed E-state index contributed by atoms with van der Waals surface area (Å²) < 4.78 is 53.8. The van der Waals surface area contributed by atoms with Crippen molar-refractivity contribution in [3.63, 3.8) is 0 Å². The van der Waals surface area contributed by atoms with Crippen molar-refractivity contribution in [2.45, 2.75) is 31.2 Å². The number of nitrogens with one attached hydrogen (secondary N) is 1. The normalized spacial score (nSPS) is 17.8. The summed E-state index contributed by atoms with van der Waals surface area (Å²) in [7, 11) is -4.29. The van der Waals surface area contributed by atoms with Crippen LogP contribution in [0.4, 0.5) is 14.5 Å². The Morgan fingerprint density at radius 1 is 1.08 bits per heavy atom. The molecule has 0 saturated carbocycles.